The molecule has 6 heteroatoms. The summed E-state index contributed by atoms with van der Waals surface area (Å²) in [7, 11) is 0. The third kappa shape index (κ3) is 5.51. The predicted molar refractivity (Wildman–Crippen MR) is 89.0 cm³/mol. The quantitative estimate of drug-likeness (QED) is 0.694. The zero-order chi connectivity index (χ0) is 14.4. The minimum absolute atomic E-state index is 0. The van der Waals surface area contributed by atoms with E-state index in [0.717, 1.165) is 17.9 Å². The number of carbonyl (C=O) groups is 1. The monoisotopic (exact) mass is 330 g/mol. The molecule has 3 atom stereocenters. The summed E-state index contributed by atoms with van der Waals surface area (Å²) in [5.74, 6) is 0.179. The number of amides is 1. The lowest BCUT2D eigenvalue weighted by molar-refractivity contribution is -0.120. The van der Waals surface area contributed by atoms with Crippen molar-refractivity contribution < 1.29 is 9.90 Å². The Bertz CT molecular complexity index is 433. The number of rotatable bonds is 6. The summed E-state index contributed by atoms with van der Waals surface area (Å²) in [5, 5.41) is 15.7. The number of hydrogen-bond donors (Lipinski definition) is 3. The van der Waals surface area contributed by atoms with E-state index >= 15 is 0 Å². The number of hydrogen-bond acceptors (Lipinski definition) is 4. The molecule has 0 aliphatic carbocycles. The Labute approximate surface area is 136 Å². The van der Waals surface area contributed by atoms with Gasteiger partial charge in [-0.15, -0.1) is 24.2 Å². The normalized spacial score (nSPS) is 22.4. The van der Waals surface area contributed by atoms with Crippen LogP contribution in [0.25, 0.3) is 0 Å². The molecule has 0 radical (unpaired) electrons. The number of halogens is 1. The molecule has 1 amide bonds. The highest BCUT2D eigenvalue weighted by Gasteiger charge is 2.26. The van der Waals surface area contributed by atoms with Gasteiger partial charge in [-0.3, -0.25) is 4.79 Å². The van der Waals surface area contributed by atoms with Crippen molar-refractivity contribution in [2.75, 3.05) is 19.6 Å². The van der Waals surface area contributed by atoms with Gasteiger partial charge in [-0.2, -0.15) is 0 Å². The van der Waals surface area contributed by atoms with Gasteiger partial charge in [-0.05, 0) is 18.6 Å². The second-order valence-electron chi connectivity index (χ2n) is 5.06. The van der Waals surface area contributed by atoms with Gasteiger partial charge in [0.1, 0.15) is 0 Å². The SMILES string of the molecule is CCC(Sc1ccccc1)C(=O)NCC1CNCC1O.Cl. The minimum Gasteiger partial charge on any atom is -0.391 e. The number of thioether (sulfide) groups is 1. The fraction of sp³-hybridized carbons (Fsp3) is 0.533. The summed E-state index contributed by atoms with van der Waals surface area (Å²) in [6, 6.07) is 9.97. The van der Waals surface area contributed by atoms with E-state index in [1.165, 1.54) is 0 Å². The molecule has 118 valence electrons. The zero-order valence-corrected chi connectivity index (χ0v) is 13.8. The van der Waals surface area contributed by atoms with Crippen LogP contribution in [-0.2, 0) is 4.79 Å². The predicted octanol–water partition coefficient (Wildman–Crippen LogP) is 1.68. The topological polar surface area (TPSA) is 61.4 Å². The van der Waals surface area contributed by atoms with Gasteiger partial charge >= 0.3 is 0 Å². The average molecular weight is 331 g/mol. The second-order valence-corrected chi connectivity index (χ2v) is 6.33. The maximum Gasteiger partial charge on any atom is 0.233 e. The van der Waals surface area contributed by atoms with Crippen LogP contribution < -0.4 is 10.6 Å². The largest absolute Gasteiger partial charge is 0.391 e. The Kier molecular flexibility index (Phi) is 8.11. The molecule has 1 aromatic rings. The van der Waals surface area contributed by atoms with Crippen molar-refractivity contribution >= 4 is 30.1 Å². The van der Waals surface area contributed by atoms with E-state index in [1.54, 1.807) is 11.8 Å². The molecule has 3 unspecified atom stereocenters. The van der Waals surface area contributed by atoms with Crippen LogP contribution in [0.2, 0.25) is 0 Å². The van der Waals surface area contributed by atoms with Gasteiger partial charge in [0.05, 0.1) is 11.4 Å². The zero-order valence-electron chi connectivity index (χ0n) is 12.1. The van der Waals surface area contributed by atoms with Gasteiger partial charge in [0.25, 0.3) is 0 Å². The Balaban J connectivity index is 0.00000220. The van der Waals surface area contributed by atoms with E-state index in [9.17, 15) is 9.90 Å². The van der Waals surface area contributed by atoms with Crippen LogP contribution >= 0.6 is 24.2 Å². The van der Waals surface area contributed by atoms with Crippen LogP contribution in [0, 0.1) is 5.92 Å². The van der Waals surface area contributed by atoms with Crippen molar-refractivity contribution in [1.82, 2.24) is 10.6 Å². The van der Waals surface area contributed by atoms with Crippen LogP contribution in [0.5, 0.6) is 0 Å². The number of aliphatic hydroxyl groups is 1. The molecule has 1 fully saturated rings. The van der Waals surface area contributed by atoms with Crippen molar-refractivity contribution in [1.29, 1.82) is 0 Å². The standard InChI is InChI=1S/C15H22N2O2S.ClH/c1-2-14(20-12-6-4-3-5-7-12)15(19)17-9-11-8-16-10-13(11)18;/h3-7,11,13-14,16,18H,2,8-10H2,1H3,(H,17,19);1H. The van der Waals surface area contributed by atoms with Crippen LogP contribution in [-0.4, -0.2) is 42.0 Å². The fourth-order valence-electron chi connectivity index (χ4n) is 2.26. The van der Waals surface area contributed by atoms with Crippen molar-refractivity contribution in [3.8, 4) is 0 Å². The van der Waals surface area contributed by atoms with Gasteiger partial charge in [-0.1, -0.05) is 25.1 Å². The molecule has 1 aliphatic heterocycles. The maximum absolute atomic E-state index is 12.2. The summed E-state index contributed by atoms with van der Waals surface area (Å²) < 4.78 is 0. The van der Waals surface area contributed by atoms with E-state index in [0.29, 0.717) is 13.1 Å². The molecular weight excluding hydrogens is 308 g/mol. The lowest BCUT2D eigenvalue weighted by atomic mass is 10.1. The Morgan fingerprint density at radius 1 is 1.43 bits per heavy atom. The first kappa shape index (κ1) is 18.3. The first-order chi connectivity index (χ1) is 9.70. The Morgan fingerprint density at radius 3 is 2.71 bits per heavy atom. The molecule has 21 heavy (non-hydrogen) atoms. The summed E-state index contributed by atoms with van der Waals surface area (Å²) in [6.45, 7) is 3.95. The summed E-state index contributed by atoms with van der Waals surface area (Å²) in [4.78, 5) is 13.3. The second kappa shape index (κ2) is 9.30. The number of benzene rings is 1. The average Bonchev–Trinajstić information content (AvgIpc) is 2.88. The molecule has 2 rings (SSSR count). The van der Waals surface area contributed by atoms with Gasteiger partial charge in [-0.25, -0.2) is 0 Å². The summed E-state index contributed by atoms with van der Waals surface area (Å²) in [6.07, 6.45) is 0.439. The van der Waals surface area contributed by atoms with Crippen molar-refractivity contribution in [3.05, 3.63) is 30.3 Å². The van der Waals surface area contributed by atoms with Crippen molar-refractivity contribution in [3.63, 3.8) is 0 Å². The molecule has 4 nitrogen and oxygen atoms in total. The van der Waals surface area contributed by atoms with Crippen LogP contribution in [0.15, 0.2) is 35.2 Å². The van der Waals surface area contributed by atoms with Gasteiger partial charge in [0.2, 0.25) is 5.91 Å². The van der Waals surface area contributed by atoms with Gasteiger partial charge in [0, 0.05) is 30.4 Å². The first-order valence-corrected chi connectivity index (χ1v) is 7.97. The first-order valence-electron chi connectivity index (χ1n) is 7.09. The summed E-state index contributed by atoms with van der Waals surface area (Å²) in [5.41, 5.74) is 0. The van der Waals surface area contributed by atoms with E-state index in [4.69, 9.17) is 0 Å². The van der Waals surface area contributed by atoms with E-state index in [1.807, 2.05) is 37.3 Å². The Morgan fingerprint density at radius 2 is 2.14 bits per heavy atom. The highest BCUT2D eigenvalue weighted by Crippen LogP contribution is 2.25. The number of carbonyl (C=O) groups excluding carboxylic acids is 1. The number of β-amino-alcohol motifs (C(OH)–C–C–N with tert-alkyl or cyclic N) is 1. The molecular formula is C15H23ClN2O2S. The van der Waals surface area contributed by atoms with Crippen LogP contribution in [0.4, 0.5) is 0 Å². The molecule has 1 aliphatic rings. The molecule has 1 heterocycles. The van der Waals surface area contributed by atoms with Crippen molar-refractivity contribution in [2.24, 2.45) is 5.92 Å². The van der Waals surface area contributed by atoms with Crippen molar-refractivity contribution in [2.45, 2.75) is 29.6 Å². The van der Waals surface area contributed by atoms with Crippen LogP contribution in [0.3, 0.4) is 0 Å². The lowest BCUT2D eigenvalue weighted by Crippen LogP contribution is -2.38. The molecule has 0 saturated carbocycles. The van der Waals surface area contributed by atoms with Gasteiger partial charge < -0.3 is 15.7 Å². The maximum atomic E-state index is 12.2. The van der Waals surface area contributed by atoms with Gasteiger partial charge in [0.15, 0.2) is 0 Å². The van der Waals surface area contributed by atoms with E-state index in [2.05, 4.69) is 10.6 Å². The van der Waals surface area contributed by atoms with E-state index < -0.39 is 0 Å². The molecule has 0 bridgehead atoms. The third-order valence-corrected chi connectivity index (χ3v) is 4.90. The molecule has 1 aromatic carbocycles. The molecule has 0 spiro atoms. The highest BCUT2D eigenvalue weighted by molar-refractivity contribution is 8.00. The smallest absolute Gasteiger partial charge is 0.233 e. The Hall–Kier alpha value is -0.750. The lowest BCUT2D eigenvalue weighted by Gasteiger charge is -2.18. The summed E-state index contributed by atoms with van der Waals surface area (Å²) >= 11 is 1.59. The fourth-order valence-corrected chi connectivity index (χ4v) is 3.26. The number of nitrogens with one attached hydrogen (secondary N) is 2. The molecule has 3 N–H and O–H groups in total. The van der Waals surface area contributed by atoms with Crippen LogP contribution in [0.1, 0.15) is 13.3 Å². The number of aliphatic hydroxyl groups excluding tert-OH is 1. The minimum atomic E-state index is -0.350. The molecule has 1 saturated heterocycles. The van der Waals surface area contributed by atoms with E-state index in [-0.39, 0.29) is 35.6 Å². The highest BCUT2D eigenvalue weighted by atomic mass is 35.5. The molecule has 0 aromatic heterocycles. The third-order valence-electron chi connectivity index (χ3n) is 3.53.